The molecule has 0 aliphatic heterocycles. The zero-order valence-corrected chi connectivity index (χ0v) is 5.12. The molecule has 0 unspecified atom stereocenters. The second kappa shape index (κ2) is 21.8. The van der Waals surface area contributed by atoms with Crippen molar-refractivity contribution in [2.75, 3.05) is 0 Å². The highest BCUT2D eigenvalue weighted by Gasteiger charge is 1.54. The Bertz CT molecular complexity index is 9.61. The quantitative estimate of drug-likeness (QED) is 0.297. The standard InChI is InChI=1S/CH3.BH2.Mg.2H2O/h1H3;1H2;;2*1H2/q;+1;-1;;. The first-order valence-electron chi connectivity index (χ1n) is 1.41. The monoisotopic (exact) mass is 88.1 g/mol. The van der Waals surface area contributed by atoms with Crippen LogP contribution in [0.5, 0.6) is 0 Å². The van der Waals surface area contributed by atoms with Gasteiger partial charge >= 0.3 is 20.2 Å². The maximum atomic E-state index is 2.26. The Morgan fingerprint density at radius 1 is 1.40 bits per heavy atom. The summed E-state index contributed by atoms with van der Waals surface area (Å²) in [6.45, 7) is 0. The Kier molecular flexibility index (Phi) is 74.8. The molecular formula is CH9BMgO2. The van der Waals surface area contributed by atoms with Gasteiger partial charge in [0.15, 0.2) is 0 Å². The average molecular weight is 88.2 g/mol. The minimum Gasteiger partial charge on any atom is -0.412 e. The zero-order chi connectivity index (χ0) is 2.71. The predicted molar refractivity (Wildman–Crippen MR) is 27.4 cm³/mol. The van der Waals surface area contributed by atoms with Gasteiger partial charge in [0.2, 0.25) is 0 Å². The van der Waals surface area contributed by atoms with Gasteiger partial charge in [-0.2, -0.15) is 5.05 Å². The van der Waals surface area contributed by atoms with Gasteiger partial charge in [0.05, 0.1) is 0 Å². The summed E-state index contributed by atoms with van der Waals surface area (Å²) in [7, 11) is 0. The van der Waals surface area contributed by atoms with Crippen molar-refractivity contribution in [1.82, 2.24) is 0 Å². The molecule has 0 aliphatic carbocycles. The largest absolute Gasteiger partial charge is 0.412 e. The fourth-order valence-corrected chi connectivity index (χ4v) is 0. The summed E-state index contributed by atoms with van der Waals surface area (Å²) < 4.78 is 0. The van der Waals surface area contributed by atoms with Crippen molar-refractivity contribution in [2.45, 2.75) is 5.05 Å². The minimum absolute atomic E-state index is 0. The molecule has 2 nitrogen and oxygen atoms in total. The maximum absolute atomic E-state index is 2.26. The van der Waals surface area contributed by atoms with Gasteiger partial charge in [0.25, 0.3) is 0 Å². The summed E-state index contributed by atoms with van der Waals surface area (Å²) in [4.78, 5) is 0. The lowest BCUT2D eigenvalue weighted by molar-refractivity contribution is 0.823. The van der Waals surface area contributed by atoms with Crippen molar-refractivity contribution >= 4 is 26.0 Å². The van der Waals surface area contributed by atoms with Crippen LogP contribution < -0.4 is 0 Å². The molecule has 0 radical (unpaired) electrons. The second-order valence-electron chi connectivity index (χ2n) is 0.707. The van der Waals surface area contributed by atoms with Crippen molar-refractivity contribution in [1.29, 1.82) is 0 Å². The fourth-order valence-electron chi connectivity index (χ4n) is 0. The third-order valence-electron chi connectivity index (χ3n) is 0. The molecule has 30 valence electrons. The molecule has 0 amide bonds. The Balaban J connectivity index is -0.0000000200. The predicted octanol–water partition coefficient (Wildman–Crippen LogP) is -2.36. The van der Waals surface area contributed by atoms with Crippen LogP contribution in [0.1, 0.15) is 0 Å². The molecule has 0 aromatic heterocycles. The highest BCUT2D eigenvalue weighted by atomic mass is 24.5. The van der Waals surface area contributed by atoms with E-state index in [0.717, 1.165) is 0 Å². The summed E-state index contributed by atoms with van der Waals surface area (Å²) in [5, 5.41) is 2.26. The van der Waals surface area contributed by atoms with Gasteiger partial charge < -0.3 is 11.0 Å². The number of rotatable bonds is 0. The molecule has 4 heteroatoms. The van der Waals surface area contributed by atoms with Crippen LogP contribution in [-0.4, -0.2) is 36.9 Å². The summed E-state index contributed by atoms with van der Waals surface area (Å²) in [6, 6.07) is 0. The molecule has 4 N–H and O–H groups in total. The van der Waals surface area contributed by atoms with Gasteiger partial charge in [-0.3, -0.25) is 0 Å². The van der Waals surface area contributed by atoms with Crippen molar-refractivity contribution in [3.05, 3.63) is 0 Å². The highest BCUT2D eigenvalue weighted by molar-refractivity contribution is 6.88. The normalized spacial score (nSPS) is 1.80. The van der Waals surface area contributed by atoms with Crippen LogP contribution in [0, 0.1) is 0 Å². The van der Waals surface area contributed by atoms with Gasteiger partial charge in [0.1, 0.15) is 0 Å². The summed E-state index contributed by atoms with van der Waals surface area (Å²) >= 11 is 0.417. The molecule has 0 spiro atoms. The molecule has 0 atom stereocenters. The van der Waals surface area contributed by atoms with E-state index in [1.165, 1.54) is 0 Å². The summed E-state index contributed by atoms with van der Waals surface area (Å²) in [6.07, 6.45) is 0. The van der Waals surface area contributed by atoms with Gasteiger partial charge in [0, 0.05) is 0 Å². The second-order valence-corrected chi connectivity index (χ2v) is 2.12. The molecule has 0 saturated carbocycles. The molecule has 0 aromatic rings. The van der Waals surface area contributed by atoms with E-state index in [1.54, 1.807) is 0 Å². The van der Waals surface area contributed by atoms with Crippen molar-refractivity contribution in [2.24, 2.45) is 0 Å². The van der Waals surface area contributed by atoms with Gasteiger partial charge in [-0.1, -0.05) is 0 Å². The lowest BCUT2D eigenvalue weighted by Gasteiger charge is -1.32. The van der Waals surface area contributed by atoms with Crippen LogP contribution in [0.4, 0.5) is 0 Å². The van der Waals surface area contributed by atoms with Crippen molar-refractivity contribution in [3.8, 4) is 0 Å². The number of hydrogen-bond donors (Lipinski definition) is 0. The van der Waals surface area contributed by atoms with E-state index in [4.69, 9.17) is 0 Å². The van der Waals surface area contributed by atoms with E-state index in [0.29, 0.717) is 20.2 Å². The fraction of sp³-hybridized carbons (Fsp3) is 1.00. The first kappa shape index (κ1) is 17.2. The van der Waals surface area contributed by atoms with Gasteiger partial charge in [-0.05, 0) is 5.83 Å². The Morgan fingerprint density at radius 3 is 1.40 bits per heavy atom. The van der Waals surface area contributed by atoms with Crippen LogP contribution in [0.15, 0.2) is 0 Å². The van der Waals surface area contributed by atoms with Crippen LogP contribution in [0.2, 0.25) is 5.05 Å². The maximum Gasteiger partial charge on any atom is 0.313 e. The topological polar surface area (TPSA) is 63.0 Å². The molecule has 0 bridgehead atoms. The van der Waals surface area contributed by atoms with E-state index < -0.39 is 0 Å². The van der Waals surface area contributed by atoms with E-state index in [9.17, 15) is 0 Å². The first-order chi connectivity index (χ1) is 1.41. The van der Waals surface area contributed by atoms with E-state index in [2.05, 4.69) is 10.9 Å². The van der Waals surface area contributed by atoms with Gasteiger partial charge in [-0.15, -0.1) is 0 Å². The third-order valence-corrected chi connectivity index (χ3v) is 0. The lowest BCUT2D eigenvalue weighted by atomic mass is 10.7. The first-order valence-corrected chi connectivity index (χ1v) is 4.24. The molecule has 0 saturated heterocycles. The molecule has 0 heterocycles. The Labute approximate surface area is 42.4 Å². The highest BCUT2D eigenvalue weighted by Crippen LogP contribution is 1.23. The molecule has 0 fully saturated rings. The average Bonchev–Trinajstić information content (AvgIpc) is 0.918. The summed E-state index contributed by atoms with van der Waals surface area (Å²) in [5.74, 6) is 2.26. The van der Waals surface area contributed by atoms with Crippen molar-refractivity contribution < 1.29 is 11.0 Å². The molecular weight excluding hydrogens is 79.1 g/mol. The van der Waals surface area contributed by atoms with Gasteiger partial charge in [-0.25, -0.2) is 0 Å². The Morgan fingerprint density at radius 2 is 1.40 bits per heavy atom. The number of hydrogen-bond acceptors (Lipinski definition) is 0. The molecule has 0 rings (SSSR count). The van der Waals surface area contributed by atoms with Crippen LogP contribution >= 0.6 is 0 Å². The summed E-state index contributed by atoms with van der Waals surface area (Å²) in [5.41, 5.74) is 0. The smallest absolute Gasteiger partial charge is 0.313 e. The molecule has 0 aromatic carbocycles. The van der Waals surface area contributed by atoms with Crippen LogP contribution in [0.3, 0.4) is 0 Å². The minimum atomic E-state index is 0. The molecule has 5 heavy (non-hydrogen) atoms. The third kappa shape index (κ3) is 63.7. The SMILES string of the molecule is O.O.[BH2][Mg][CH3]. The van der Waals surface area contributed by atoms with Crippen molar-refractivity contribution in [3.63, 3.8) is 0 Å². The molecule has 0 aliphatic rings. The van der Waals surface area contributed by atoms with E-state index in [-0.39, 0.29) is 11.0 Å². The Hall–Kier alpha value is 0.751. The van der Waals surface area contributed by atoms with Crippen LogP contribution in [0.25, 0.3) is 0 Å². The van der Waals surface area contributed by atoms with Crippen LogP contribution in [-0.2, 0) is 0 Å². The van der Waals surface area contributed by atoms with E-state index in [1.807, 2.05) is 0 Å². The zero-order valence-electron chi connectivity index (χ0n) is 3.71. The van der Waals surface area contributed by atoms with E-state index >= 15 is 0 Å². The lowest BCUT2D eigenvalue weighted by Crippen LogP contribution is -1.68.